The smallest absolute Gasteiger partial charge is 0.413 e. The van der Waals surface area contributed by atoms with Crippen molar-refractivity contribution in [3.05, 3.63) is 68.5 Å². The van der Waals surface area contributed by atoms with Gasteiger partial charge in [0.1, 0.15) is 5.58 Å². The molecule has 0 radical (unpaired) electrons. The van der Waals surface area contributed by atoms with Gasteiger partial charge in [0, 0.05) is 36.2 Å². The number of rotatable bonds is 3. The van der Waals surface area contributed by atoms with Crippen LogP contribution in [0.4, 0.5) is 16.2 Å². The number of carbonyl (C=O) groups is 1. The molecule has 2 aromatic carbocycles. The van der Waals surface area contributed by atoms with Crippen LogP contribution in [0.15, 0.2) is 45.6 Å². The fourth-order valence-corrected chi connectivity index (χ4v) is 3.29. The molecule has 2 N–H and O–H groups in total. The molecule has 1 amide bonds. The number of amides is 1. The number of methoxy groups -OCH3 is 1. The van der Waals surface area contributed by atoms with E-state index < -0.39 is 11.7 Å². The second kappa shape index (κ2) is 7.32. The summed E-state index contributed by atoms with van der Waals surface area (Å²) in [6.07, 6.45) is -0.176. The summed E-state index contributed by atoms with van der Waals surface area (Å²) in [6, 6.07) is 10.6. The number of anilines is 2. The summed E-state index contributed by atoms with van der Waals surface area (Å²) in [4.78, 5) is 25.6. The van der Waals surface area contributed by atoms with Crippen molar-refractivity contribution in [2.24, 2.45) is 0 Å². The van der Waals surface area contributed by atoms with Gasteiger partial charge in [0.05, 0.1) is 17.8 Å². The molecule has 1 aromatic heterocycles. The number of fused-ring (bicyclic) bond motifs is 1. The van der Waals surface area contributed by atoms with E-state index in [2.05, 4.69) is 0 Å². The number of ether oxygens (including phenoxy) is 1. The van der Waals surface area contributed by atoms with Crippen molar-refractivity contribution in [2.45, 2.75) is 13.3 Å². The molecular weight excluding hydrogens is 368 g/mol. The number of hydrogen-bond donors (Lipinski definition) is 1. The Morgan fingerprint density at radius 3 is 2.70 bits per heavy atom. The van der Waals surface area contributed by atoms with Gasteiger partial charge >= 0.3 is 11.7 Å². The number of hydrogen-bond acceptors (Lipinski definition) is 5. The fourth-order valence-electron chi connectivity index (χ4n) is 3.00. The van der Waals surface area contributed by atoms with Gasteiger partial charge < -0.3 is 14.9 Å². The third-order valence-electron chi connectivity index (χ3n) is 4.50. The molecule has 7 heteroatoms. The summed E-state index contributed by atoms with van der Waals surface area (Å²) in [7, 11) is 2.80. The topological polar surface area (TPSA) is 85.8 Å². The van der Waals surface area contributed by atoms with Crippen LogP contribution in [0.25, 0.3) is 11.0 Å². The number of carbonyl (C=O) groups excluding carboxylic acids is 1. The van der Waals surface area contributed by atoms with Crippen LogP contribution in [0.2, 0.25) is 5.02 Å². The number of nitrogens with two attached hydrogens (primary N) is 1. The normalized spacial score (nSPS) is 10.8. The van der Waals surface area contributed by atoms with Crippen molar-refractivity contribution in [3.8, 4) is 0 Å². The fraction of sp³-hybridized carbons (Fsp3) is 0.200. The van der Waals surface area contributed by atoms with Gasteiger partial charge in [-0.2, -0.15) is 0 Å². The van der Waals surface area contributed by atoms with Crippen LogP contribution in [0.5, 0.6) is 0 Å². The van der Waals surface area contributed by atoms with E-state index in [0.717, 1.165) is 11.1 Å². The second-order valence-corrected chi connectivity index (χ2v) is 6.65. The predicted molar refractivity (Wildman–Crippen MR) is 107 cm³/mol. The average molecular weight is 387 g/mol. The highest BCUT2D eigenvalue weighted by Crippen LogP contribution is 2.32. The van der Waals surface area contributed by atoms with Gasteiger partial charge in [0.25, 0.3) is 0 Å². The zero-order valence-electron chi connectivity index (χ0n) is 15.2. The maximum absolute atomic E-state index is 12.6. The Hall–Kier alpha value is -2.99. The average Bonchev–Trinajstić information content (AvgIpc) is 2.64. The Morgan fingerprint density at radius 1 is 1.30 bits per heavy atom. The Balaban J connectivity index is 2.12. The molecule has 3 aromatic rings. The number of nitrogen functional groups attached to an aromatic ring is 1. The molecule has 3 rings (SSSR count). The maximum atomic E-state index is 12.6. The monoisotopic (exact) mass is 386 g/mol. The van der Waals surface area contributed by atoms with Gasteiger partial charge in [-0.15, -0.1) is 0 Å². The summed E-state index contributed by atoms with van der Waals surface area (Å²) in [5.74, 6) is 0. The SMILES string of the molecule is COC(=O)N(C)c1cc2oc(=O)c(Cc3cccc(N)c3)c(C)c2cc1Cl. The Kier molecular flexibility index (Phi) is 5.10. The van der Waals surface area contributed by atoms with Gasteiger partial charge in [0.2, 0.25) is 0 Å². The summed E-state index contributed by atoms with van der Waals surface area (Å²) >= 11 is 6.36. The molecule has 6 nitrogen and oxygen atoms in total. The highest BCUT2D eigenvalue weighted by Gasteiger charge is 2.19. The molecule has 0 atom stereocenters. The lowest BCUT2D eigenvalue weighted by atomic mass is 9.99. The maximum Gasteiger partial charge on any atom is 0.413 e. The molecule has 1 heterocycles. The van der Waals surface area contributed by atoms with Crippen molar-refractivity contribution in [1.82, 2.24) is 0 Å². The zero-order valence-corrected chi connectivity index (χ0v) is 16.0. The third kappa shape index (κ3) is 3.61. The number of nitrogens with zero attached hydrogens (tertiary/aromatic N) is 1. The first kappa shape index (κ1) is 18.8. The molecule has 0 saturated heterocycles. The third-order valence-corrected chi connectivity index (χ3v) is 4.80. The summed E-state index contributed by atoms with van der Waals surface area (Å²) in [5.41, 5.74) is 8.99. The van der Waals surface area contributed by atoms with Crippen molar-refractivity contribution in [1.29, 1.82) is 0 Å². The van der Waals surface area contributed by atoms with Gasteiger partial charge in [-0.1, -0.05) is 23.7 Å². The molecule has 27 heavy (non-hydrogen) atoms. The Bertz CT molecular complexity index is 1090. The van der Waals surface area contributed by atoms with E-state index in [4.69, 9.17) is 26.5 Å². The van der Waals surface area contributed by atoms with Gasteiger partial charge in [-0.25, -0.2) is 9.59 Å². The van der Waals surface area contributed by atoms with Crippen LogP contribution in [0.3, 0.4) is 0 Å². The standard InChI is InChI=1S/C20H19ClN2O4/c1-11-14-9-16(21)17(23(2)20(25)26-3)10-18(14)27-19(24)15(11)8-12-5-4-6-13(22)7-12/h4-7,9-10H,8,22H2,1-3H3. The van der Waals surface area contributed by atoms with Crippen molar-refractivity contribution in [2.75, 3.05) is 24.8 Å². The van der Waals surface area contributed by atoms with Crippen LogP contribution in [-0.4, -0.2) is 20.3 Å². The quantitative estimate of drug-likeness (QED) is 0.540. The minimum Gasteiger partial charge on any atom is -0.452 e. The van der Waals surface area contributed by atoms with E-state index in [0.29, 0.717) is 39.4 Å². The molecule has 0 saturated carbocycles. The van der Waals surface area contributed by atoms with Gasteiger partial charge in [0.15, 0.2) is 0 Å². The first-order valence-corrected chi connectivity index (χ1v) is 8.61. The molecule has 0 unspecified atom stereocenters. The number of halogens is 1. The van der Waals surface area contributed by atoms with Crippen LogP contribution < -0.4 is 16.3 Å². The zero-order chi connectivity index (χ0) is 19.7. The molecule has 140 valence electrons. The van der Waals surface area contributed by atoms with E-state index in [9.17, 15) is 9.59 Å². The van der Waals surface area contributed by atoms with Crippen LogP contribution in [0, 0.1) is 6.92 Å². The Morgan fingerprint density at radius 2 is 2.04 bits per heavy atom. The van der Waals surface area contributed by atoms with Crippen molar-refractivity contribution < 1.29 is 13.9 Å². The van der Waals surface area contributed by atoms with Crippen LogP contribution in [0.1, 0.15) is 16.7 Å². The predicted octanol–water partition coefficient (Wildman–Crippen LogP) is 4.13. The summed E-state index contributed by atoms with van der Waals surface area (Å²) in [6.45, 7) is 1.85. The minimum atomic E-state index is -0.575. The van der Waals surface area contributed by atoms with Crippen molar-refractivity contribution >= 4 is 40.0 Å². The number of aryl methyl sites for hydroxylation is 1. The lowest BCUT2D eigenvalue weighted by molar-refractivity contribution is 0.180. The molecule has 0 aliphatic carbocycles. The lowest BCUT2D eigenvalue weighted by Gasteiger charge is -2.18. The van der Waals surface area contributed by atoms with E-state index >= 15 is 0 Å². The lowest BCUT2D eigenvalue weighted by Crippen LogP contribution is -2.26. The van der Waals surface area contributed by atoms with Crippen LogP contribution >= 0.6 is 11.6 Å². The van der Waals surface area contributed by atoms with Gasteiger partial charge in [-0.05, 0) is 36.2 Å². The molecule has 0 aliphatic rings. The second-order valence-electron chi connectivity index (χ2n) is 6.24. The molecule has 0 bridgehead atoms. The summed E-state index contributed by atoms with van der Waals surface area (Å²) in [5, 5.41) is 1.06. The van der Waals surface area contributed by atoms with Gasteiger partial charge in [-0.3, -0.25) is 4.90 Å². The molecular formula is C20H19ClN2O4. The van der Waals surface area contributed by atoms with Crippen molar-refractivity contribution in [3.63, 3.8) is 0 Å². The van der Waals surface area contributed by atoms with E-state index in [1.807, 2.05) is 25.1 Å². The number of benzene rings is 2. The molecule has 0 fully saturated rings. The highest BCUT2D eigenvalue weighted by atomic mass is 35.5. The summed E-state index contributed by atoms with van der Waals surface area (Å²) < 4.78 is 10.2. The Labute approximate surface area is 161 Å². The molecule has 0 spiro atoms. The molecule has 0 aliphatic heterocycles. The van der Waals surface area contributed by atoms with Crippen LogP contribution in [-0.2, 0) is 11.2 Å². The van der Waals surface area contributed by atoms with E-state index in [1.54, 1.807) is 18.2 Å². The highest BCUT2D eigenvalue weighted by molar-refractivity contribution is 6.34. The minimum absolute atomic E-state index is 0.349. The first-order chi connectivity index (χ1) is 12.8. The largest absolute Gasteiger partial charge is 0.452 e. The first-order valence-electron chi connectivity index (χ1n) is 8.23. The van der Waals surface area contributed by atoms with E-state index in [1.165, 1.54) is 19.1 Å². The van der Waals surface area contributed by atoms with E-state index in [-0.39, 0.29) is 0 Å².